The Morgan fingerprint density at radius 2 is 2.00 bits per heavy atom. The van der Waals surface area contributed by atoms with Crippen LogP contribution >= 0.6 is 0 Å². The summed E-state index contributed by atoms with van der Waals surface area (Å²) in [6.07, 6.45) is 0.867. The van der Waals surface area contributed by atoms with Crippen molar-refractivity contribution in [3.8, 4) is 11.5 Å². The molecule has 4 heteroatoms. The van der Waals surface area contributed by atoms with Gasteiger partial charge in [-0.1, -0.05) is 31.2 Å². The molecule has 0 heterocycles. The molecule has 2 aromatic rings. The molecule has 2 aromatic carbocycles. The molecule has 0 aromatic heterocycles. The molecule has 0 fully saturated rings. The van der Waals surface area contributed by atoms with Crippen molar-refractivity contribution in [2.24, 2.45) is 5.73 Å². The average molecular weight is 284 g/mol. The van der Waals surface area contributed by atoms with Gasteiger partial charge in [0.25, 0.3) is 0 Å². The van der Waals surface area contributed by atoms with Crippen LogP contribution in [-0.4, -0.2) is 5.91 Å². The zero-order valence-corrected chi connectivity index (χ0v) is 12.3. The lowest BCUT2D eigenvalue weighted by molar-refractivity contribution is -0.114. The van der Waals surface area contributed by atoms with Gasteiger partial charge in [0.05, 0.1) is 5.69 Å². The highest BCUT2D eigenvalue weighted by Crippen LogP contribution is 2.30. The van der Waals surface area contributed by atoms with Gasteiger partial charge in [-0.05, 0) is 36.2 Å². The number of amides is 1. The van der Waals surface area contributed by atoms with Crippen LogP contribution in [0.1, 0.15) is 31.9 Å². The predicted molar refractivity (Wildman–Crippen MR) is 84.5 cm³/mol. The third-order valence-electron chi connectivity index (χ3n) is 3.15. The van der Waals surface area contributed by atoms with Gasteiger partial charge in [-0.25, -0.2) is 0 Å². The molecule has 1 atom stereocenters. The fraction of sp³-hybridized carbons (Fsp3) is 0.235. The molecular weight excluding hydrogens is 264 g/mol. The molecule has 21 heavy (non-hydrogen) atoms. The van der Waals surface area contributed by atoms with E-state index in [1.54, 1.807) is 6.07 Å². The van der Waals surface area contributed by atoms with Crippen molar-refractivity contribution in [1.29, 1.82) is 0 Å². The lowest BCUT2D eigenvalue weighted by atomic mass is 10.1. The van der Waals surface area contributed by atoms with E-state index in [1.807, 2.05) is 49.4 Å². The molecule has 110 valence electrons. The minimum absolute atomic E-state index is 0.000798. The van der Waals surface area contributed by atoms with Gasteiger partial charge in [0.1, 0.15) is 5.75 Å². The summed E-state index contributed by atoms with van der Waals surface area (Å²) in [5, 5.41) is 2.75. The van der Waals surface area contributed by atoms with Gasteiger partial charge in [-0.2, -0.15) is 0 Å². The predicted octanol–water partition coefficient (Wildman–Crippen LogP) is 3.85. The van der Waals surface area contributed by atoms with Gasteiger partial charge in [-0.3, -0.25) is 4.79 Å². The van der Waals surface area contributed by atoms with Crippen LogP contribution in [0.2, 0.25) is 0 Å². The molecular formula is C17H20N2O2. The van der Waals surface area contributed by atoms with Crippen LogP contribution in [0.25, 0.3) is 0 Å². The van der Waals surface area contributed by atoms with Crippen molar-refractivity contribution < 1.29 is 9.53 Å². The van der Waals surface area contributed by atoms with Gasteiger partial charge in [-0.15, -0.1) is 0 Å². The van der Waals surface area contributed by atoms with E-state index in [-0.39, 0.29) is 11.9 Å². The monoisotopic (exact) mass is 284 g/mol. The van der Waals surface area contributed by atoms with Crippen LogP contribution in [0.3, 0.4) is 0 Å². The second-order valence-corrected chi connectivity index (χ2v) is 4.87. The Bertz CT molecular complexity index is 626. The van der Waals surface area contributed by atoms with Crippen molar-refractivity contribution in [3.63, 3.8) is 0 Å². The number of nitrogens with two attached hydrogens (primary N) is 1. The summed E-state index contributed by atoms with van der Waals surface area (Å²) in [7, 11) is 0. The zero-order valence-electron chi connectivity index (χ0n) is 12.3. The first kappa shape index (κ1) is 15.1. The zero-order chi connectivity index (χ0) is 15.2. The van der Waals surface area contributed by atoms with E-state index >= 15 is 0 Å². The Labute approximate surface area is 124 Å². The average Bonchev–Trinajstić information content (AvgIpc) is 2.48. The summed E-state index contributed by atoms with van der Waals surface area (Å²) < 4.78 is 5.88. The molecule has 1 unspecified atom stereocenters. The fourth-order valence-electron chi connectivity index (χ4n) is 2.02. The second kappa shape index (κ2) is 6.90. The van der Waals surface area contributed by atoms with E-state index in [9.17, 15) is 4.79 Å². The van der Waals surface area contributed by atoms with E-state index in [4.69, 9.17) is 10.5 Å². The summed E-state index contributed by atoms with van der Waals surface area (Å²) in [5.74, 6) is 1.18. The van der Waals surface area contributed by atoms with Gasteiger partial charge < -0.3 is 15.8 Å². The Hall–Kier alpha value is -2.33. The largest absolute Gasteiger partial charge is 0.455 e. The summed E-state index contributed by atoms with van der Waals surface area (Å²) in [6.45, 7) is 3.52. The van der Waals surface area contributed by atoms with Crippen LogP contribution in [-0.2, 0) is 4.79 Å². The standard InChI is InChI=1S/C17H20N2O2/c1-3-15(18)13-7-6-8-14(11-13)21-17-10-5-4-9-16(17)19-12(2)20/h4-11,15H,3,18H2,1-2H3,(H,19,20). The maximum absolute atomic E-state index is 11.2. The first-order chi connectivity index (χ1) is 10.1. The minimum Gasteiger partial charge on any atom is -0.455 e. The Morgan fingerprint density at radius 3 is 2.71 bits per heavy atom. The van der Waals surface area contributed by atoms with Gasteiger partial charge in [0, 0.05) is 13.0 Å². The highest BCUT2D eigenvalue weighted by molar-refractivity contribution is 5.90. The van der Waals surface area contributed by atoms with Gasteiger partial charge in [0.15, 0.2) is 5.75 Å². The molecule has 3 N–H and O–H groups in total. The Kier molecular flexibility index (Phi) is 4.95. The summed E-state index contributed by atoms with van der Waals surface area (Å²) in [6, 6.07) is 15.0. The molecule has 0 aliphatic carbocycles. The molecule has 0 saturated carbocycles. The van der Waals surface area contributed by atoms with Crippen LogP contribution < -0.4 is 15.8 Å². The molecule has 0 saturated heterocycles. The molecule has 0 bridgehead atoms. The first-order valence-electron chi connectivity index (χ1n) is 7.00. The lowest BCUT2D eigenvalue weighted by Crippen LogP contribution is -2.08. The first-order valence-corrected chi connectivity index (χ1v) is 7.00. The molecule has 0 aliphatic rings. The van der Waals surface area contributed by atoms with Crippen molar-refractivity contribution >= 4 is 11.6 Å². The molecule has 0 radical (unpaired) electrons. The molecule has 0 spiro atoms. The number of hydrogen-bond donors (Lipinski definition) is 2. The second-order valence-electron chi connectivity index (χ2n) is 4.87. The third-order valence-corrected chi connectivity index (χ3v) is 3.15. The number of anilines is 1. The Balaban J connectivity index is 2.24. The number of carbonyl (C=O) groups is 1. The number of rotatable bonds is 5. The van der Waals surface area contributed by atoms with E-state index < -0.39 is 0 Å². The van der Waals surface area contributed by atoms with Crippen LogP contribution in [0.15, 0.2) is 48.5 Å². The smallest absolute Gasteiger partial charge is 0.221 e. The third kappa shape index (κ3) is 4.07. The quantitative estimate of drug-likeness (QED) is 0.876. The molecule has 4 nitrogen and oxygen atoms in total. The highest BCUT2D eigenvalue weighted by atomic mass is 16.5. The number of para-hydroxylation sites is 2. The SMILES string of the molecule is CCC(N)c1cccc(Oc2ccccc2NC(C)=O)c1. The summed E-state index contributed by atoms with van der Waals surface area (Å²) >= 11 is 0. The minimum atomic E-state index is -0.132. The number of carbonyl (C=O) groups excluding carboxylic acids is 1. The van der Waals surface area contributed by atoms with Crippen molar-refractivity contribution in [1.82, 2.24) is 0 Å². The van der Waals surface area contributed by atoms with E-state index in [0.717, 1.165) is 12.0 Å². The van der Waals surface area contributed by atoms with Crippen molar-refractivity contribution in [2.45, 2.75) is 26.3 Å². The van der Waals surface area contributed by atoms with Crippen LogP contribution in [0.4, 0.5) is 5.69 Å². The van der Waals surface area contributed by atoms with Crippen molar-refractivity contribution in [3.05, 3.63) is 54.1 Å². The summed E-state index contributed by atoms with van der Waals surface area (Å²) in [4.78, 5) is 11.2. The maximum atomic E-state index is 11.2. The topological polar surface area (TPSA) is 64.3 Å². The normalized spacial score (nSPS) is 11.8. The fourth-order valence-corrected chi connectivity index (χ4v) is 2.02. The number of nitrogens with one attached hydrogen (secondary N) is 1. The van der Waals surface area contributed by atoms with E-state index in [2.05, 4.69) is 5.32 Å². The Morgan fingerprint density at radius 1 is 1.24 bits per heavy atom. The molecule has 0 aliphatic heterocycles. The van der Waals surface area contributed by atoms with Crippen LogP contribution in [0, 0.1) is 0 Å². The van der Waals surface area contributed by atoms with Crippen LogP contribution in [0.5, 0.6) is 11.5 Å². The van der Waals surface area contributed by atoms with Gasteiger partial charge in [0.2, 0.25) is 5.91 Å². The molecule has 1 amide bonds. The van der Waals surface area contributed by atoms with Gasteiger partial charge >= 0.3 is 0 Å². The number of benzene rings is 2. The number of hydrogen-bond acceptors (Lipinski definition) is 3. The van der Waals surface area contributed by atoms with E-state index in [1.165, 1.54) is 6.92 Å². The van der Waals surface area contributed by atoms with Crippen molar-refractivity contribution in [2.75, 3.05) is 5.32 Å². The summed E-state index contributed by atoms with van der Waals surface area (Å²) in [5.41, 5.74) is 7.72. The maximum Gasteiger partial charge on any atom is 0.221 e. The molecule has 2 rings (SSSR count). The van der Waals surface area contributed by atoms with E-state index in [0.29, 0.717) is 17.2 Å². The lowest BCUT2D eigenvalue weighted by Gasteiger charge is -2.14. The number of ether oxygens (including phenoxy) is 1. The highest BCUT2D eigenvalue weighted by Gasteiger charge is 2.08.